The Labute approximate surface area is 129 Å². The molecule has 0 aliphatic heterocycles. The quantitative estimate of drug-likeness (QED) is 0.642. The molecule has 1 heterocycles. The number of aromatic nitrogens is 2. The molecule has 1 aliphatic carbocycles. The molecule has 0 amide bonds. The van der Waals surface area contributed by atoms with E-state index in [4.69, 9.17) is 0 Å². The molecule has 0 radical (unpaired) electrons. The van der Waals surface area contributed by atoms with Crippen LogP contribution in [0.5, 0.6) is 0 Å². The second-order valence-corrected chi connectivity index (χ2v) is 6.93. The zero-order valence-corrected chi connectivity index (χ0v) is 13.8. The Hall–Kier alpha value is -1.24. The highest BCUT2D eigenvalue weighted by Gasteiger charge is 2.33. The molecule has 1 saturated carbocycles. The van der Waals surface area contributed by atoms with Crippen LogP contribution in [0.1, 0.15) is 44.7 Å². The van der Waals surface area contributed by atoms with E-state index in [0.717, 1.165) is 6.54 Å². The first-order chi connectivity index (χ1) is 10.0. The van der Waals surface area contributed by atoms with Gasteiger partial charge in [-0.1, -0.05) is 19.3 Å². The number of thioether (sulfide) groups is 1. The fraction of sp³-hybridized carbons (Fsp3) is 0.786. The number of hydrogen-bond donors (Lipinski definition) is 1. The van der Waals surface area contributed by atoms with Gasteiger partial charge in [-0.2, -0.15) is 16.9 Å². The molecule has 0 atom stereocenters. The van der Waals surface area contributed by atoms with E-state index in [1.165, 1.54) is 32.1 Å². The van der Waals surface area contributed by atoms with Crippen molar-refractivity contribution in [1.29, 1.82) is 0 Å². The minimum atomic E-state index is -0.330. The maximum Gasteiger partial charge on any atom is 0.333 e. The van der Waals surface area contributed by atoms with Crippen molar-refractivity contribution in [3.63, 3.8) is 0 Å². The van der Waals surface area contributed by atoms with Gasteiger partial charge in [-0.15, -0.1) is 0 Å². The minimum Gasteiger partial charge on any atom is -0.363 e. The zero-order chi connectivity index (χ0) is 15.5. The Morgan fingerprint density at radius 2 is 2.10 bits per heavy atom. The van der Waals surface area contributed by atoms with E-state index >= 15 is 0 Å². The predicted molar refractivity (Wildman–Crippen MR) is 87.1 cm³/mol. The van der Waals surface area contributed by atoms with E-state index in [1.807, 2.05) is 18.7 Å². The van der Waals surface area contributed by atoms with Gasteiger partial charge >= 0.3 is 5.69 Å². The molecule has 21 heavy (non-hydrogen) atoms. The fourth-order valence-corrected chi connectivity index (χ4v) is 4.00. The van der Waals surface area contributed by atoms with Gasteiger partial charge < -0.3 is 5.32 Å². The van der Waals surface area contributed by atoms with Gasteiger partial charge in [0.2, 0.25) is 5.82 Å². The predicted octanol–water partition coefficient (Wildman–Crippen LogP) is 3.60. The lowest BCUT2D eigenvalue weighted by atomic mass is 9.88. The van der Waals surface area contributed by atoms with E-state index in [9.17, 15) is 10.1 Å². The second kappa shape index (κ2) is 6.68. The van der Waals surface area contributed by atoms with Gasteiger partial charge in [0.25, 0.3) is 0 Å². The van der Waals surface area contributed by atoms with Crippen LogP contribution in [0.4, 0.5) is 11.5 Å². The van der Waals surface area contributed by atoms with Crippen molar-refractivity contribution in [2.24, 2.45) is 0 Å². The normalized spacial score (nSPS) is 17.7. The third-order valence-corrected chi connectivity index (χ3v) is 5.77. The Morgan fingerprint density at radius 1 is 1.43 bits per heavy atom. The maximum absolute atomic E-state index is 11.3. The molecule has 0 unspecified atom stereocenters. The first kappa shape index (κ1) is 16.1. The monoisotopic (exact) mass is 312 g/mol. The minimum absolute atomic E-state index is 0.115. The molecule has 7 heteroatoms. The standard InChI is InChI=1S/C14H24N4O2S/c1-4-17-13(12(18(19)20)11(2)16-17)15-10-14(21-3)8-6-5-7-9-14/h15H,4-10H2,1-3H3. The van der Waals surface area contributed by atoms with Gasteiger partial charge in [-0.25, -0.2) is 4.68 Å². The lowest BCUT2D eigenvalue weighted by Gasteiger charge is -2.36. The van der Waals surface area contributed by atoms with Crippen molar-refractivity contribution in [3.05, 3.63) is 15.8 Å². The van der Waals surface area contributed by atoms with Crippen molar-refractivity contribution < 1.29 is 4.92 Å². The molecule has 0 saturated heterocycles. The molecular weight excluding hydrogens is 288 g/mol. The molecule has 1 aromatic rings. The summed E-state index contributed by atoms with van der Waals surface area (Å²) in [5, 5.41) is 18.9. The van der Waals surface area contributed by atoms with Crippen molar-refractivity contribution in [3.8, 4) is 0 Å². The van der Waals surface area contributed by atoms with Crippen molar-refractivity contribution >= 4 is 23.3 Å². The first-order valence-corrected chi connectivity index (χ1v) is 8.76. The van der Waals surface area contributed by atoms with Crippen LogP contribution in [-0.4, -0.2) is 32.3 Å². The lowest BCUT2D eigenvalue weighted by molar-refractivity contribution is -0.384. The van der Waals surface area contributed by atoms with Gasteiger partial charge in [0.15, 0.2) is 0 Å². The number of nitro groups is 1. The summed E-state index contributed by atoms with van der Waals surface area (Å²) in [6.07, 6.45) is 8.29. The van der Waals surface area contributed by atoms with E-state index < -0.39 is 0 Å². The van der Waals surface area contributed by atoms with Gasteiger partial charge in [-0.3, -0.25) is 10.1 Å². The van der Waals surface area contributed by atoms with Crippen LogP contribution in [0.2, 0.25) is 0 Å². The van der Waals surface area contributed by atoms with Crippen molar-refractivity contribution in [2.75, 3.05) is 18.1 Å². The number of nitrogens with one attached hydrogen (secondary N) is 1. The summed E-state index contributed by atoms with van der Waals surface area (Å²) < 4.78 is 1.90. The highest BCUT2D eigenvalue weighted by Crippen LogP contribution is 2.39. The van der Waals surface area contributed by atoms with Crippen LogP contribution in [0.3, 0.4) is 0 Å². The maximum atomic E-state index is 11.3. The first-order valence-electron chi connectivity index (χ1n) is 7.54. The van der Waals surface area contributed by atoms with Crippen LogP contribution >= 0.6 is 11.8 Å². The molecule has 0 bridgehead atoms. The largest absolute Gasteiger partial charge is 0.363 e. The zero-order valence-electron chi connectivity index (χ0n) is 13.0. The topological polar surface area (TPSA) is 73.0 Å². The molecule has 1 aliphatic rings. The number of aryl methyl sites for hydroxylation is 2. The van der Waals surface area contributed by atoms with Gasteiger partial charge in [0.1, 0.15) is 5.69 Å². The van der Waals surface area contributed by atoms with Crippen LogP contribution in [0, 0.1) is 17.0 Å². The Bertz CT molecular complexity index is 509. The molecule has 6 nitrogen and oxygen atoms in total. The molecule has 1 fully saturated rings. The summed E-state index contributed by atoms with van der Waals surface area (Å²) in [4.78, 5) is 10.9. The Kier molecular flexibility index (Phi) is 5.13. The molecular formula is C14H24N4O2S. The van der Waals surface area contributed by atoms with Gasteiger partial charge in [-0.05, 0) is 32.9 Å². The average Bonchev–Trinajstić information content (AvgIpc) is 2.82. The highest BCUT2D eigenvalue weighted by atomic mass is 32.2. The van der Waals surface area contributed by atoms with E-state index in [0.29, 0.717) is 18.1 Å². The Morgan fingerprint density at radius 3 is 2.62 bits per heavy atom. The third kappa shape index (κ3) is 3.33. The second-order valence-electron chi connectivity index (χ2n) is 5.66. The average molecular weight is 312 g/mol. The number of anilines is 1. The summed E-state index contributed by atoms with van der Waals surface area (Å²) in [6.45, 7) is 5.04. The summed E-state index contributed by atoms with van der Waals surface area (Å²) in [7, 11) is 0. The van der Waals surface area contributed by atoms with Crippen molar-refractivity contribution in [1.82, 2.24) is 9.78 Å². The van der Waals surface area contributed by atoms with Crippen LogP contribution in [0.15, 0.2) is 0 Å². The molecule has 2 rings (SSSR count). The van der Waals surface area contributed by atoms with Crippen LogP contribution in [0.25, 0.3) is 0 Å². The van der Waals surface area contributed by atoms with Crippen molar-refractivity contribution in [2.45, 2.75) is 57.2 Å². The molecule has 0 aromatic carbocycles. The fourth-order valence-electron chi connectivity index (χ4n) is 3.09. The van der Waals surface area contributed by atoms with E-state index in [-0.39, 0.29) is 15.4 Å². The molecule has 1 aromatic heterocycles. The number of hydrogen-bond acceptors (Lipinski definition) is 5. The van der Waals surface area contributed by atoms with Gasteiger partial charge in [0, 0.05) is 17.8 Å². The number of rotatable bonds is 6. The van der Waals surface area contributed by atoms with E-state index in [2.05, 4.69) is 16.7 Å². The highest BCUT2D eigenvalue weighted by molar-refractivity contribution is 8.00. The molecule has 118 valence electrons. The summed E-state index contributed by atoms with van der Waals surface area (Å²) >= 11 is 1.88. The van der Waals surface area contributed by atoms with Gasteiger partial charge in [0.05, 0.1) is 4.92 Å². The van der Waals surface area contributed by atoms with Crippen LogP contribution in [-0.2, 0) is 6.54 Å². The van der Waals surface area contributed by atoms with Crippen LogP contribution < -0.4 is 5.32 Å². The smallest absolute Gasteiger partial charge is 0.333 e. The SMILES string of the molecule is CCn1nc(C)c([N+](=O)[O-])c1NCC1(SC)CCCCC1. The molecule has 1 N–H and O–H groups in total. The number of nitrogens with zero attached hydrogens (tertiary/aromatic N) is 3. The summed E-state index contributed by atoms with van der Waals surface area (Å²) in [5.74, 6) is 0.555. The van der Waals surface area contributed by atoms with E-state index in [1.54, 1.807) is 11.6 Å². The third-order valence-electron chi connectivity index (χ3n) is 4.35. The summed E-state index contributed by atoms with van der Waals surface area (Å²) in [6, 6.07) is 0. The Balaban J connectivity index is 2.20. The lowest BCUT2D eigenvalue weighted by Crippen LogP contribution is -2.36. The molecule has 0 spiro atoms. The summed E-state index contributed by atoms with van der Waals surface area (Å²) in [5.41, 5.74) is 0.593.